The highest BCUT2D eigenvalue weighted by Gasteiger charge is 2.07. The number of imidazole rings is 1. The van der Waals surface area contributed by atoms with Gasteiger partial charge in [-0.05, 0) is 25.1 Å². The molecule has 84 valence electrons. The van der Waals surface area contributed by atoms with Crippen molar-refractivity contribution in [2.45, 2.75) is 6.92 Å². The summed E-state index contributed by atoms with van der Waals surface area (Å²) in [6.45, 7) is 1.84. The summed E-state index contributed by atoms with van der Waals surface area (Å²) in [4.78, 5) is 11.7. The molecule has 0 unspecified atom stereocenters. The number of anilines is 1. The molecule has 0 aliphatic rings. The number of aryl methyl sites for hydroxylation is 2. The predicted molar refractivity (Wildman–Crippen MR) is 65.9 cm³/mol. The van der Waals surface area contributed by atoms with Crippen LogP contribution in [0, 0.1) is 0 Å². The summed E-state index contributed by atoms with van der Waals surface area (Å²) in [5, 5.41) is 3.94. The lowest BCUT2D eigenvalue weighted by molar-refractivity contribution is 0.795. The molecule has 0 fully saturated rings. The Balaban J connectivity index is 2.62. The van der Waals surface area contributed by atoms with E-state index in [1.807, 2.05) is 25.1 Å². The Kier molecular flexibility index (Phi) is 2.52. The van der Waals surface area contributed by atoms with Crippen molar-refractivity contribution in [2.24, 2.45) is 19.2 Å². The van der Waals surface area contributed by atoms with Gasteiger partial charge in [-0.3, -0.25) is 14.6 Å². The lowest BCUT2D eigenvalue weighted by Gasteiger charge is -2.01. The monoisotopic (exact) mass is 218 g/mol. The summed E-state index contributed by atoms with van der Waals surface area (Å²) in [5.41, 5.74) is 5.54. The van der Waals surface area contributed by atoms with Crippen molar-refractivity contribution in [3.63, 3.8) is 0 Å². The van der Waals surface area contributed by atoms with E-state index < -0.39 is 0 Å². The van der Waals surface area contributed by atoms with E-state index in [0.29, 0.717) is 0 Å². The molecule has 5 heteroatoms. The van der Waals surface area contributed by atoms with Crippen LogP contribution in [-0.4, -0.2) is 15.3 Å². The minimum absolute atomic E-state index is 0.0221. The average molecular weight is 218 g/mol. The summed E-state index contributed by atoms with van der Waals surface area (Å²) in [7, 11) is 3.53. The van der Waals surface area contributed by atoms with E-state index in [-0.39, 0.29) is 5.69 Å². The molecule has 1 aromatic carbocycles. The van der Waals surface area contributed by atoms with Gasteiger partial charge in [0.1, 0.15) is 0 Å². The number of aromatic nitrogens is 2. The van der Waals surface area contributed by atoms with E-state index in [4.69, 9.17) is 0 Å². The zero-order valence-corrected chi connectivity index (χ0v) is 9.56. The van der Waals surface area contributed by atoms with Crippen molar-refractivity contribution >= 4 is 22.9 Å². The summed E-state index contributed by atoms with van der Waals surface area (Å²) < 4.78 is 3.25. The topological polar surface area (TPSA) is 51.3 Å². The van der Waals surface area contributed by atoms with Gasteiger partial charge in [0.2, 0.25) is 0 Å². The fourth-order valence-electron chi connectivity index (χ4n) is 1.72. The van der Waals surface area contributed by atoms with E-state index in [1.165, 1.54) is 0 Å². The summed E-state index contributed by atoms with van der Waals surface area (Å²) >= 11 is 0. The Morgan fingerprint density at radius 3 is 2.62 bits per heavy atom. The molecule has 2 rings (SSSR count). The smallest absolute Gasteiger partial charge is 0.295 e. The molecule has 1 heterocycles. The Hall–Kier alpha value is -2.04. The molecule has 0 radical (unpaired) electrons. The first-order valence-electron chi connectivity index (χ1n) is 5.04. The van der Waals surface area contributed by atoms with Crippen LogP contribution >= 0.6 is 0 Å². The molecule has 16 heavy (non-hydrogen) atoms. The lowest BCUT2D eigenvalue weighted by atomic mass is 10.3. The average Bonchev–Trinajstić information content (AvgIpc) is 2.52. The molecule has 0 atom stereocenters. The van der Waals surface area contributed by atoms with Crippen molar-refractivity contribution in [1.29, 1.82) is 0 Å². The van der Waals surface area contributed by atoms with Gasteiger partial charge in [-0.25, -0.2) is 4.79 Å². The number of rotatable bonds is 2. The SMILES string of the molecule is CC=NNc1ccc2c(c1)n(C)c(=O)n2C. The van der Waals surface area contributed by atoms with Gasteiger partial charge >= 0.3 is 5.69 Å². The molecule has 0 spiro atoms. The van der Waals surface area contributed by atoms with E-state index in [9.17, 15) is 4.79 Å². The maximum Gasteiger partial charge on any atom is 0.328 e. The highest BCUT2D eigenvalue weighted by molar-refractivity contribution is 5.80. The second-order valence-electron chi connectivity index (χ2n) is 3.60. The van der Waals surface area contributed by atoms with Crippen molar-refractivity contribution in [1.82, 2.24) is 9.13 Å². The van der Waals surface area contributed by atoms with Crippen molar-refractivity contribution in [3.8, 4) is 0 Å². The zero-order valence-electron chi connectivity index (χ0n) is 9.56. The van der Waals surface area contributed by atoms with Crippen LogP contribution in [0.2, 0.25) is 0 Å². The number of hydrazone groups is 1. The van der Waals surface area contributed by atoms with E-state index in [2.05, 4.69) is 10.5 Å². The largest absolute Gasteiger partial charge is 0.328 e. The second-order valence-corrected chi connectivity index (χ2v) is 3.60. The molecule has 0 bridgehead atoms. The third kappa shape index (κ3) is 1.50. The van der Waals surface area contributed by atoms with Crippen LogP contribution in [0.5, 0.6) is 0 Å². The van der Waals surface area contributed by atoms with Crippen LogP contribution in [0.3, 0.4) is 0 Å². The molecule has 0 saturated heterocycles. The van der Waals surface area contributed by atoms with Gasteiger partial charge in [0.25, 0.3) is 0 Å². The molecule has 1 aromatic heterocycles. The molecule has 5 nitrogen and oxygen atoms in total. The Morgan fingerprint density at radius 2 is 1.94 bits per heavy atom. The quantitative estimate of drug-likeness (QED) is 0.610. The fourth-order valence-corrected chi connectivity index (χ4v) is 1.72. The van der Waals surface area contributed by atoms with Crippen molar-refractivity contribution < 1.29 is 0 Å². The van der Waals surface area contributed by atoms with Crippen LogP contribution in [-0.2, 0) is 14.1 Å². The van der Waals surface area contributed by atoms with E-state index in [1.54, 1.807) is 29.4 Å². The number of hydrogen-bond donors (Lipinski definition) is 1. The maximum atomic E-state index is 11.7. The van der Waals surface area contributed by atoms with Gasteiger partial charge in [0, 0.05) is 20.3 Å². The Bertz CT molecular complexity index is 606. The van der Waals surface area contributed by atoms with E-state index >= 15 is 0 Å². The van der Waals surface area contributed by atoms with Gasteiger partial charge in [-0.2, -0.15) is 5.10 Å². The number of hydrogen-bond acceptors (Lipinski definition) is 3. The minimum Gasteiger partial charge on any atom is -0.295 e. The van der Waals surface area contributed by atoms with Gasteiger partial charge in [0.05, 0.1) is 16.7 Å². The van der Waals surface area contributed by atoms with Gasteiger partial charge in [0.15, 0.2) is 0 Å². The highest BCUT2D eigenvalue weighted by atomic mass is 16.1. The molecule has 0 aliphatic heterocycles. The summed E-state index contributed by atoms with van der Waals surface area (Å²) in [6, 6.07) is 5.71. The Labute approximate surface area is 93.0 Å². The highest BCUT2D eigenvalue weighted by Crippen LogP contribution is 2.17. The standard InChI is InChI=1S/C11H14N4O/c1-4-12-13-8-5-6-9-10(7-8)15(3)11(16)14(9)2/h4-7,13H,1-3H3. The second kappa shape index (κ2) is 3.84. The van der Waals surface area contributed by atoms with Gasteiger partial charge in [-0.15, -0.1) is 0 Å². The third-order valence-electron chi connectivity index (χ3n) is 2.59. The predicted octanol–water partition coefficient (Wildman–Crippen LogP) is 1.29. The van der Waals surface area contributed by atoms with Crippen LogP contribution in [0.1, 0.15) is 6.92 Å². The number of benzene rings is 1. The van der Waals surface area contributed by atoms with Gasteiger partial charge < -0.3 is 0 Å². The van der Waals surface area contributed by atoms with Crippen LogP contribution in [0.15, 0.2) is 28.1 Å². The molecule has 1 N–H and O–H groups in total. The molecule has 0 amide bonds. The van der Waals surface area contributed by atoms with Crippen LogP contribution < -0.4 is 11.1 Å². The van der Waals surface area contributed by atoms with Crippen LogP contribution in [0.25, 0.3) is 11.0 Å². The van der Waals surface area contributed by atoms with Crippen molar-refractivity contribution in [2.75, 3.05) is 5.43 Å². The number of fused-ring (bicyclic) bond motifs is 1. The zero-order chi connectivity index (χ0) is 11.7. The first kappa shape index (κ1) is 10.5. The summed E-state index contributed by atoms with van der Waals surface area (Å²) in [6.07, 6.45) is 1.67. The minimum atomic E-state index is -0.0221. The van der Waals surface area contributed by atoms with Gasteiger partial charge in [-0.1, -0.05) is 0 Å². The maximum absolute atomic E-state index is 11.7. The molecule has 0 saturated carbocycles. The summed E-state index contributed by atoms with van der Waals surface area (Å²) in [5.74, 6) is 0. The number of nitrogens with one attached hydrogen (secondary N) is 1. The normalized spacial score (nSPS) is 11.4. The third-order valence-corrected chi connectivity index (χ3v) is 2.59. The first-order chi connectivity index (χ1) is 7.65. The fraction of sp³-hybridized carbons (Fsp3) is 0.273. The first-order valence-corrected chi connectivity index (χ1v) is 5.04. The van der Waals surface area contributed by atoms with E-state index in [0.717, 1.165) is 16.7 Å². The molecule has 0 aliphatic carbocycles. The number of nitrogens with zero attached hydrogens (tertiary/aromatic N) is 3. The molecule has 2 aromatic rings. The molecular weight excluding hydrogens is 204 g/mol. The van der Waals surface area contributed by atoms with Crippen molar-refractivity contribution in [3.05, 3.63) is 28.7 Å². The molecular formula is C11H14N4O. The lowest BCUT2D eigenvalue weighted by Crippen LogP contribution is -2.19. The Morgan fingerprint density at radius 1 is 1.25 bits per heavy atom. The van der Waals surface area contributed by atoms with Crippen LogP contribution in [0.4, 0.5) is 5.69 Å².